The second-order valence-electron chi connectivity index (χ2n) is 9.32. The molecule has 7 nitrogen and oxygen atoms in total. The average Bonchev–Trinajstić information content (AvgIpc) is 3.22. The van der Waals surface area contributed by atoms with Crippen LogP contribution in [-0.4, -0.2) is 58.4 Å². The molecule has 6 rings (SSSR count). The van der Waals surface area contributed by atoms with Crippen molar-refractivity contribution in [3.05, 3.63) is 35.0 Å². The minimum absolute atomic E-state index is 0.676. The van der Waals surface area contributed by atoms with E-state index in [2.05, 4.69) is 32.8 Å². The van der Waals surface area contributed by atoms with E-state index in [0.29, 0.717) is 11.7 Å². The van der Waals surface area contributed by atoms with E-state index in [1.807, 2.05) is 23.1 Å². The molecule has 1 aliphatic carbocycles. The number of amides is 1. The molecule has 3 aliphatic rings. The molecule has 1 aromatic carbocycles. The number of carbonyl (C=O) groups is 1. The highest BCUT2D eigenvalue weighted by Crippen LogP contribution is 2.39. The number of nitrogens with zero attached hydrogens (tertiary/aromatic N) is 4. The van der Waals surface area contributed by atoms with Gasteiger partial charge in [0.1, 0.15) is 17.0 Å². The lowest BCUT2D eigenvalue weighted by Gasteiger charge is -2.45. The molecule has 0 atom stereocenters. The molecule has 9 heteroatoms. The number of nitrogens with one attached hydrogen (secondary N) is 1. The normalized spacial score (nSPS) is 18.6. The van der Waals surface area contributed by atoms with Crippen molar-refractivity contribution >= 4 is 57.8 Å². The number of benzene rings is 1. The fraction of sp³-hybridized carbons (Fsp3) is 0.480. The monoisotopic (exact) mass is 496 g/mol. The third kappa shape index (κ3) is 5.01. The van der Waals surface area contributed by atoms with Crippen molar-refractivity contribution in [1.82, 2.24) is 19.8 Å². The Labute approximate surface area is 210 Å². The average molecular weight is 497 g/mol. The van der Waals surface area contributed by atoms with Crippen LogP contribution in [-0.2, 0) is 17.6 Å². The van der Waals surface area contributed by atoms with Crippen LogP contribution < -0.4 is 11.1 Å². The first kappa shape index (κ1) is 23.4. The summed E-state index contributed by atoms with van der Waals surface area (Å²) in [6.45, 7) is 4.42. The number of piperidine rings is 1. The topological polar surface area (TPSA) is 87.4 Å². The van der Waals surface area contributed by atoms with Gasteiger partial charge in [0, 0.05) is 40.3 Å². The molecule has 2 saturated heterocycles. The van der Waals surface area contributed by atoms with Gasteiger partial charge in [-0.1, -0.05) is 6.42 Å². The summed E-state index contributed by atoms with van der Waals surface area (Å²) in [5.41, 5.74) is 8.86. The van der Waals surface area contributed by atoms with Crippen LogP contribution in [0.25, 0.3) is 10.2 Å². The van der Waals surface area contributed by atoms with Crippen molar-refractivity contribution in [1.29, 1.82) is 0 Å². The van der Waals surface area contributed by atoms with E-state index in [1.54, 1.807) is 17.7 Å². The van der Waals surface area contributed by atoms with Crippen molar-refractivity contribution in [2.75, 3.05) is 37.2 Å². The third-order valence-electron chi connectivity index (χ3n) is 6.99. The van der Waals surface area contributed by atoms with Gasteiger partial charge in [-0.05, 0) is 75.4 Å². The first-order valence-corrected chi connectivity index (χ1v) is 13.4. The molecule has 0 saturated carbocycles. The number of rotatable bonds is 4. The molecule has 34 heavy (non-hydrogen) atoms. The summed E-state index contributed by atoms with van der Waals surface area (Å²) < 4.78 is 0. The number of aryl methyl sites for hydroxylation is 2. The number of nitrogens with two attached hydrogens (primary N) is 1. The van der Waals surface area contributed by atoms with Crippen molar-refractivity contribution in [3.8, 4) is 0 Å². The molecule has 3 N–H and O–H groups in total. The van der Waals surface area contributed by atoms with Crippen molar-refractivity contribution in [3.63, 3.8) is 0 Å². The number of hydrogen-bond donors (Lipinski definition) is 3. The Balaban J connectivity index is 0.000000169. The number of thiophene rings is 1. The number of hydrogen-bond acceptors (Lipinski definition) is 8. The van der Waals surface area contributed by atoms with Gasteiger partial charge in [0.05, 0.1) is 5.39 Å². The summed E-state index contributed by atoms with van der Waals surface area (Å²) in [5, 5.41) is 4.58. The molecular formula is C25H32N6OS2. The lowest BCUT2D eigenvalue weighted by molar-refractivity contribution is -0.125. The van der Waals surface area contributed by atoms with E-state index in [0.717, 1.165) is 47.2 Å². The van der Waals surface area contributed by atoms with Gasteiger partial charge in [-0.15, -0.1) is 24.0 Å². The summed E-state index contributed by atoms with van der Waals surface area (Å²) in [4.78, 5) is 26.9. The van der Waals surface area contributed by atoms with Crippen molar-refractivity contribution in [2.24, 2.45) is 0 Å². The molecule has 0 radical (unpaired) electrons. The number of aromatic nitrogens is 2. The molecule has 3 aromatic rings. The van der Waals surface area contributed by atoms with E-state index >= 15 is 0 Å². The smallest absolute Gasteiger partial charge is 0.209 e. The molecule has 2 fully saturated rings. The molecule has 1 amide bonds. The van der Waals surface area contributed by atoms with Crippen LogP contribution in [0.5, 0.6) is 0 Å². The highest BCUT2D eigenvalue weighted by molar-refractivity contribution is 7.80. The van der Waals surface area contributed by atoms with Crippen LogP contribution in [0.2, 0.25) is 0 Å². The van der Waals surface area contributed by atoms with Gasteiger partial charge in [-0.3, -0.25) is 9.69 Å². The fourth-order valence-corrected chi connectivity index (χ4v) is 6.47. The van der Waals surface area contributed by atoms with Crippen molar-refractivity contribution < 1.29 is 4.79 Å². The Hall–Kier alpha value is -2.36. The number of likely N-dealkylation sites (tertiary alicyclic amines) is 2. The van der Waals surface area contributed by atoms with Crippen LogP contribution >= 0.6 is 24.0 Å². The van der Waals surface area contributed by atoms with E-state index in [1.165, 1.54) is 67.4 Å². The van der Waals surface area contributed by atoms with Crippen LogP contribution in [0.1, 0.15) is 42.5 Å². The van der Waals surface area contributed by atoms with Crippen LogP contribution in [0.4, 0.5) is 17.2 Å². The number of anilines is 3. The first-order chi connectivity index (χ1) is 16.6. The molecule has 4 heterocycles. The summed E-state index contributed by atoms with van der Waals surface area (Å²) in [7, 11) is 0. The number of fused-ring (bicyclic) bond motifs is 3. The van der Waals surface area contributed by atoms with Crippen molar-refractivity contribution in [2.45, 2.75) is 55.9 Å². The van der Waals surface area contributed by atoms with Crippen LogP contribution in [0.15, 0.2) is 29.4 Å². The van der Waals surface area contributed by atoms with Gasteiger partial charge in [-0.25, -0.2) is 9.97 Å². The second kappa shape index (κ2) is 10.5. The van der Waals surface area contributed by atoms with E-state index in [-0.39, 0.29) is 0 Å². The Morgan fingerprint density at radius 1 is 1.09 bits per heavy atom. The third-order valence-corrected chi connectivity index (χ3v) is 8.58. The van der Waals surface area contributed by atoms with E-state index < -0.39 is 0 Å². The standard InChI is InChI=1S/C16H16N4S2.C9H16N2O/c17-11-6-5-9(7-12(11)21)20-15-14-10-3-1-2-4-13(10)22-16(14)19-8-18-15;12-8-10-6-9(7-10)11-4-2-1-3-5-11/h5-8,21H,1-4,17H2,(H,18,19,20);8-9H,1-7H2. The predicted octanol–water partition coefficient (Wildman–Crippen LogP) is 4.50. The summed E-state index contributed by atoms with van der Waals surface area (Å²) in [5.74, 6) is 0.877. The Kier molecular flexibility index (Phi) is 7.22. The van der Waals surface area contributed by atoms with Gasteiger partial charge < -0.3 is 16.0 Å². The molecule has 2 aliphatic heterocycles. The quantitative estimate of drug-likeness (QED) is 0.280. The SMILES string of the molecule is Nc1ccc(Nc2ncnc3sc4c(c23)CCCC4)cc1S.O=CN1CC(N2CCCCC2)C1. The van der Waals surface area contributed by atoms with E-state index in [9.17, 15) is 4.79 Å². The zero-order chi connectivity index (χ0) is 23.5. The van der Waals surface area contributed by atoms with Gasteiger partial charge in [0.25, 0.3) is 0 Å². The summed E-state index contributed by atoms with van der Waals surface area (Å²) in [6, 6.07) is 6.40. The van der Waals surface area contributed by atoms with Gasteiger partial charge in [-0.2, -0.15) is 0 Å². The molecule has 0 unspecified atom stereocenters. The van der Waals surface area contributed by atoms with Crippen LogP contribution in [0, 0.1) is 0 Å². The minimum atomic E-state index is 0.676. The lowest BCUT2D eigenvalue weighted by Crippen LogP contribution is -2.59. The fourth-order valence-electron chi connectivity index (χ4n) is 5.03. The maximum Gasteiger partial charge on any atom is 0.209 e. The first-order valence-electron chi connectivity index (χ1n) is 12.2. The highest BCUT2D eigenvalue weighted by atomic mass is 32.1. The predicted molar refractivity (Wildman–Crippen MR) is 142 cm³/mol. The highest BCUT2D eigenvalue weighted by Gasteiger charge is 2.31. The molecule has 0 spiro atoms. The summed E-state index contributed by atoms with van der Waals surface area (Å²) in [6.07, 6.45) is 11.5. The zero-order valence-electron chi connectivity index (χ0n) is 19.4. The molecule has 0 bridgehead atoms. The number of nitrogen functional groups attached to an aromatic ring is 1. The second-order valence-corrected chi connectivity index (χ2v) is 10.9. The number of thiol groups is 1. The van der Waals surface area contributed by atoms with Gasteiger partial charge in [0.15, 0.2) is 0 Å². The van der Waals surface area contributed by atoms with Crippen LogP contribution in [0.3, 0.4) is 0 Å². The summed E-state index contributed by atoms with van der Waals surface area (Å²) >= 11 is 6.18. The minimum Gasteiger partial charge on any atom is -0.398 e. The Morgan fingerprint density at radius 2 is 1.88 bits per heavy atom. The largest absolute Gasteiger partial charge is 0.398 e. The Morgan fingerprint density at radius 3 is 2.65 bits per heavy atom. The van der Waals surface area contributed by atoms with E-state index in [4.69, 9.17) is 5.73 Å². The van der Waals surface area contributed by atoms with Gasteiger partial charge in [0.2, 0.25) is 6.41 Å². The molecule has 180 valence electrons. The number of carbonyl (C=O) groups excluding carboxylic acids is 1. The zero-order valence-corrected chi connectivity index (χ0v) is 21.1. The maximum atomic E-state index is 10.3. The molecular weight excluding hydrogens is 464 g/mol. The Bertz CT molecular complexity index is 1150. The van der Waals surface area contributed by atoms with Gasteiger partial charge >= 0.3 is 0 Å². The molecule has 2 aromatic heterocycles. The maximum absolute atomic E-state index is 10.3. The lowest BCUT2D eigenvalue weighted by atomic mass is 9.97.